The number of nitrogens with zero attached hydrogens (tertiary/aromatic N) is 2. The molecule has 118 valence electrons. The first-order valence-corrected chi connectivity index (χ1v) is 8.42. The molecule has 3 aromatic rings. The monoisotopic (exact) mass is 370 g/mol. The zero-order valence-corrected chi connectivity index (χ0v) is 14.8. The van der Waals surface area contributed by atoms with Gasteiger partial charge in [-0.1, -0.05) is 35.8 Å². The zero-order valence-electron chi connectivity index (χ0n) is 13.2. The molecular formula is C18H19BrN4. The molecule has 0 unspecified atom stereocenters. The molecule has 0 radical (unpaired) electrons. The minimum atomic E-state index is 0.594. The largest absolute Gasteiger partial charge is 0.385 e. The van der Waals surface area contributed by atoms with Gasteiger partial charge >= 0.3 is 0 Å². The molecule has 0 aliphatic carbocycles. The van der Waals surface area contributed by atoms with Crippen molar-refractivity contribution in [2.24, 2.45) is 5.92 Å². The van der Waals surface area contributed by atoms with Crippen LogP contribution in [0, 0.1) is 5.92 Å². The van der Waals surface area contributed by atoms with E-state index < -0.39 is 0 Å². The number of hydrogen-bond acceptors (Lipinski definition) is 4. The third-order valence-corrected chi connectivity index (χ3v) is 3.93. The lowest BCUT2D eigenvalue weighted by Gasteiger charge is -2.12. The van der Waals surface area contributed by atoms with Crippen molar-refractivity contribution >= 4 is 44.0 Å². The van der Waals surface area contributed by atoms with Gasteiger partial charge in [-0.3, -0.25) is 0 Å². The summed E-state index contributed by atoms with van der Waals surface area (Å²) >= 11 is 3.49. The number of benzene rings is 2. The molecule has 0 aliphatic rings. The topological polar surface area (TPSA) is 49.8 Å². The molecule has 0 atom stereocenters. The summed E-state index contributed by atoms with van der Waals surface area (Å²) in [7, 11) is 0. The zero-order chi connectivity index (χ0) is 16.2. The predicted molar refractivity (Wildman–Crippen MR) is 100 cm³/mol. The van der Waals surface area contributed by atoms with Crippen LogP contribution < -0.4 is 10.6 Å². The van der Waals surface area contributed by atoms with Gasteiger partial charge in [0.2, 0.25) is 0 Å². The Bertz CT molecular complexity index is 817. The first-order valence-electron chi connectivity index (χ1n) is 7.63. The van der Waals surface area contributed by atoms with Gasteiger partial charge in [0.15, 0.2) is 0 Å². The van der Waals surface area contributed by atoms with Crippen molar-refractivity contribution in [2.75, 3.05) is 17.2 Å². The van der Waals surface area contributed by atoms with E-state index in [9.17, 15) is 0 Å². The Hall–Kier alpha value is -2.14. The second kappa shape index (κ2) is 6.96. The molecule has 0 spiro atoms. The van der Waals surface area contributed by atoms with Crippen molar-refractivity contribution in [1.82, 2.24) is 9.97 Å². The number of nitrogens with one attached hydrogen (secondary N) is 2. The molecule has 0 bridgehead atoms. The van der Waals surface area contributed by atoms with Gasteiger partial charge in [0.25, 0.3) is 0 Å². The summed E-state index contributed by atoms with van der Waals surface area (Å²) in [5.74, 6) is 1.40. The Labute approximate surface area is 144 Å². The van der Waals surface area contributed by atoms with Gasteiger partial charge in [-0.25, -0.2) is 9.97 Å². The number of halogens is 1. The highest BCUT2D eigenvalue weighted by molar-refractivity contribution is 9.10. The summed E-state index contributed by atoms with van der Waals surface area (Å²) in [5, 5.41) is 7.82. The molecule has 1 aromatic heterocycles. The van der Waals surface area contributed by atoms with Gasteiger partial charge in [-0.15, -0.1) is 0 Å². The van der Waals surface area contributed by atoms with Crippen LogP contribution >= 0.6 is 15.9 Å². The third kappa shape index (κ3) is 3.99. The highest BCUT2D eigenvalue weighted by Gasteiger charge is 2.06. The van der Waals surface area contributed by atoms with Crippen molar-refractivity contribution in [3.8, 4) is 0 Å². The Morgan fingerprint density at radius 3 is 2.70 bits per heavy atom. The van der Waals surface area contributed by atoms with Gasteiger partial charge in [-0.05, 0) is 42.3 Å². The van der Waals surface area contributed by atoms with E-state index in [1.807, 2.05) is 30.3 Å². The number of anilines is 3. The van der Waals surface area contributed by atoms with Crippen LogP contribution in [0.5, 0.6) is 0 Å². The minimum Gasteiger partial charge on any atom is -0.385 e. The highest BCUT2D eigenvalue weighted by Crippen LogP contribution is 2.26. The van der Waals surface area contributed by atoms with Gasteiger partial charge in [0.05, 0.1) is 5.52 Å². The van der Waals surface area contributed by atoms with E-state index >= 15 is 0 Å². The lowest BCUT2D eigenvalue weighted by molar-refractivity contribution is 0.689. The maximum absolute atomic E-state index is 4.40. The molecule has 0 saturated carbocycles. The number of fused-ring (bicyclic) bond motifs is 1. The molecule has 5 heteroatoms. The van der Waals surface area contributed by atoms with Gasteiger partial charge in [0.1, 0.15) is 12.1 Å². The van der Waals surface area contributed by atoms with E-state index in [4.69, 9.17) is 0 Å². The van der Waals surface area contributed by atoms with Crippen molar-refractivity contribution in [1.29, 1.82) is 0 Å². The van der Waals surface area contributed by atoms with E-state index in [0.717, 1.165) is 39.1 Å². The normalized spacial score (nSPS) is 11.0. The van der Waals surface area contributed by atoms with Crippen LogP contribution in [-0.4, -0.2) is 16.5 Å². The Balaban J connectivity index is 1.94. The molecule has 3 rings (SSSR count). The number of hydrogen-bond donors (Lipinski definition) is 2. The lowest BCUT2D eigenvalue weighted by Crippen LogP contribution is -2.07. The predicted octanol–water partition coefficient (Wildman–Crippen LogP) is 5.20. The van der Waals surface area contributed by atoms with Gasteiger partial charge in [-0.2, -0.15) is 0 Å². The minimum absolute atomic E-state index is 0.594. The third-order valence-electron chi connectivity index (χ3n) is 3.44. The summed E-state index contributed by atoms with van der Waals surface area (Å²) in [6.45, 7) is 5.32. The molecule has 2 N–H and O–H groups in total. The SMILES string of the molecule is CC(C)CNc1ccc2ncnc(Nc3cccc(Br)c3)c2c1. The fourth-order valence-corrected chi connectivity index (χ4v) is 2.69. The number of rotatable bonds is 5. The van der Waals surface area contributed by atoms with Gasteiger partial charge < -0.3 is 10.6 Å². The van der Waals surface area contributed by atoms with Crippen LogP contribution in [0.15, 0.2) is 53.3 Å². The average Bonchev–Trinajstić information content (AvgIpc) is 2.53. The van der Waals surface area contributed by atoms with Crippen LogP contribution in [0.1, 0.15) is 13.8 Å². The van der Waals surface area contributed by atoms with Crippen LogP contribution in [0.2, 0.25) is 0 Å². The molecule has 4 nitrogen and oxygen atoms in total. The van der Waals surface area contributed by atoms with Crippen LogP contribution in [0.25, 0.3) is 10.9 Å². The highest BCUT2D eigenvalue weighted by atomic mass is 79.9. The van der Waals surface area contributed by atoms with Crippen LogP contribution in [0.4, 0.5) is 17.2 Å². The Kier molecular flexibility index (Phi) is 4.76. The first-order chi connectivity index (χ1) is 11.1. The standard InChI is InChI=1S/C18H19BrN4/c1-12(2)10-20-14-6-7-17-16(9-14)18(22-11-21-17)23-15-5-3-4-13(19)8-15/h3-9,11-12,20H,10H2,1-2H3,(H,21,22,23). The molecule has 1 heterocycles. The summed E-state index contributed by atoms with van der Waals surface area (Å²) in [6.07, 6.45) is 1.59. The van der Waals surface area contributed by atoms with E-state index in [1.165, 1.54) is 0 Å². The van der Waals surface area contributed by atoms with Crippen LogP contribution in [0.3, 0.4) is 0 Å². The smallest absolute Gasteiger partial charge is 0.141 e. The van der Waals surface area contributed by atoms with E-state index in [2.05, 4.69) is 62.5 Å². The quantitative estimate of drug-likeness (QED) is 0.647. The fraction of sp³-hybridized carbons (Fsp3) is 0.222. The summed E-state index contributed by atoms with van der Waals surface area (Å²) in [4.78, 5) is 8.75. The second-order valence-electron chi connectivity index (χ2n) is 5.86. The van der Waals surface area contributed by atoms with Crippen molar-refractivity contribution in [2.45, 2.75) is 13.8 Å². The van der Waals surface area contributed by atoms with Crippen molar-refractivity contribution in [3.63, 3.8) is 0 Å². The Morgan fingerprint density at radius 2 is 1.91 bits per heavy atom. The lowest BCUT2D eigenvalue weighted by atomic mass is 10.2. The summed E-state index contributed by atoms with van der Waals surface area (Å²) in [6, 6.07) is 14.2. The van der Waals surface area contributed by atoms with Crippen molar-refractivity contribution < 1.29 is 0 Å². The van der Waals surface area contributed by atoms with E-state index in [1.54, 1.807) is 6.33 Å². The van der Waals surface area contributed by atoms with E-state index in [-0.39, 0.29) is 0 Å². The molecule has 0 aliphatic heterocycles. The molecule has 0 saturated heterocycles. The molecular weight excluding hydrogens is 352 g/mol. The van der Waals surface area contributed by atoms with Gasteiger partial charge in [0, 0.05) is 27.8 Å². The summed E-state index contributed by atoms with van der Waals surface area (Å²) < 4.78 is 1.03. The average molecular weight is 371 g/mol. The van der Waals surface area contributed by atoms with Crippen LogP contribution in [-0.2, 0) is 0 Å². The summed E-state index contributed by atoms with van der Waals surface area (Å²) in [5.41, 5.74) is 2.99. The molecule has 2 aromatic carbocycles. The maximum Gasteiger partial charge on any atom is 0.141 e. The maximum atomic E-state index is 4.40. The molecule has 0 fully saturated rings. The fourth-order valence-electron chi connectivity index (χ4n) is 2.29. The molecule has 0 amide bonds. The van der Waals surface area contributed by atoms with Crippen molar-refractivity contribution in [3.05, 3.63) is 53.3 Å². The first kappa shape index (κ1) is 15.7. The molecule has 23 heavy (non-hydrogen) atoms. The van der Waals surface area contributed by atoms with E-state index in [0.29, 0.717) is 5.92 Å². The Morgan fingerprint density at radius 1 is 1.04 bits per heavy atom. The number of aromatic nitrogens is 2. The second-order valence-corrected chi connectivity index (χ2v) is 6.78.